The number of anilines is 1. The lowest BCUT2D eigenvalue weighted by atomic mass is 10.1. The number of nitriles is 1. The Morgan fingerprint density at radius 3 is 2.27 bits per heavy atom. The lowest BCUT2D eigenvalue weighted by molar-refractivity contribution is -0.118. The van der Waals surface area contributed by atoms with Gasteiger partial charge in [-0.25, -0.2) is 4.79 Å². The fourth-order valence-corrected chi connectivity index (χ4v) is 1.55. The van der Waals surface area contributed by atoms with E-state index < -0.39 is 18.4 Å². The Labute approximate surface area is 127 Å². The predicted octanol–water partition coefficient (Wildman–Crippen LogP) is 1.13. The number of carbonyl (C=O) groups is 3. The summed E-state index contributed by atoms with van der Waals surface area (Å²) < 4.78 is 4.83. The Kier molecular flexibility index (Phi) is 5.84. The number of benzene rings is 1. The Balaban J connectivity index is 2.67. The fourth-order valence-electron chi connectivity index (χ4n) is 1.55. The highest BCUT2D eigenvalue weighted by molar-refractivity contribution is 6.02. The molecular weight excluding hydrogens is 286 g/mol. The van der Waals surface area contributed by atoms with Gasteiger partial charge in [0.25, 0.3) is 0 Å². The molecule has 7 nitrogen and oxygen atoms in total. The van der Waals surface area contributed by atoms with Crippen LogP contribution in [-0.4, -0.2) is 24.3 Å². The molecule has 0 bridgehead atoms. The molecular formula is C15H15N3O4. The minimum atomic E-state index is -0.713. The number of ketones is 1. The maximum Gasteiger partial charge on any atom is 0.338 e. The Morgan fingerprint density at radius 1 is 1.23 bits per heavy atom. The van der Waals surface area contributed by atoms with Crippen LogP contribution < -0.4 is 11.1 Å². The van der Waals surface area contributed by atoms with Gasteiger partial charge >= 0.3 is 5.97 Å². The van der Waals surface area contributed by atoms with E-state index in [-0.39, 0.29) is 22.7 Å². The van der Waals surface area contributed by atoms with Gasteiger partial charge in [-0.2, -0.15) is 5.26 Å². The largest absolute Gasteiger partial charge is 0.454 e. The minimum Gasteiger partial charge on any atom is -0.454 e. The second-order valence-corrected chi connectivity index (χ2v) is 4.43. The van der Waals surface area contributed by atoms with Crippen molar-refractivity contribution in [3.8, 4) is 6.07 Å². The second-order valence-electron chi connectivity index (χ2n) is 4.43. The third-order valence-electron chi connectivity index (χ3n) is 2.56. The maximum absolute atomic E-state index is 11.8. The molecule has 0 aliphatic rings. The van der Waals surface area contributed by atoms with Crippen LogP contribution >= 0.6 is 0 Å². The lowest BCUT2D eigenvalue weighted by Crippen LogP contribution is -2.17. The van der Waals surface area contributed by atoms with Gasteiger partial charge in [-0.05, 0) is 31.2 Å². The summed E-state index contributed by atoms with van der Waals surface area (Å²) in [6.07, 6.45) is 0. The number of ether oxygens (including phenoxy) is 1. The number of nitrogens with one attached hydrogen (secondary N) is 1. The molecule has 0 unspecified atom stereocenters. The number of Topliss-reactive ketones (excluding diaryl/α,β-unsaturated/α-hetero) is 1. The van der Waals surface area contributed by atoms with Crippen LogP contribution in [0.25, 0.3) is 0 Å². The molecule has 22 heavy (non-hydrogen) atoms. The monoisotopic (exact) mass is 301 g/mol. The summed E-state index contributed by atoms with van der Waals surface area (Å²) in [7, 11) is 0. The molecule has 3 N–H and O–H groups in total. The van der Waals surface area contributed by atoms with Crippen molar-refractivity contribution < 1.29 is 19.1 Å². The van der Waals surface area contributed by atoms with E-state index in [4.69, 9.17) is 15.7 Å². The molecule has 1 rings (SSSR count). The van der Waals surface area contributed by atoms with Gasteiger partial charge in [0.1, 0.15) is 11.6 Å². The third-order valence-corrected chi connectivity index (χ3v) is 2.56. The predicted molar refractivity (Wildman–Crippen MR) is 78.5 cm³/mol. The van der Waals surface area contributed by atoms with Crippen molar-refractivity contribution in [1.29, 1.82) is 5.26 Å². The van der Waals surface area contributed by atoms with Crippen LogP contribution in [0.3, 0.4) is 0 Å². The van der Waals surface area contributed by atoms with Crippen molar-refractivity contribution in [1.82, 2.24) is 0 Å². The smallest absolute Gasteiger partial charge is 0.338 e. The van der Waals surface area contributed by atoms with E-state index in [2.05, 4.69) is 5.32 Å². The number of amides is 1. The van der Waals surface area contributed by atoms with Crippen molar-refractivity contribution in [2.75, 3.05) is 11.9 Å². The number of nitrogens with two attached hydrogens (primary N) is 1. The summed E-state index contributed by atoms with van der Waals surface area (Å²) in [6.45, 7) is 2.22. The molecule has 1 aromatic rings. The zero-order valence-electron chi connectivity index (χ0n) is 12.2. The highest BCUT2D eigenvalue weighted by Crippen LogP contribution is 2.11. The van der Waals surface area contributed by atoms with Gasteiger partial charge < -0.3 is 15.8 Å². The second kappa shape index (κ2) is 7.59. The summed E-state index contributed by atoms with van der Waals surface area (Å²) in [6, 6.07) is 7.63. The van der Waals surface area contributed by atoms with Gasteiger partial charge in [-0.1, -0.05) is 0 Å². The van der Waals surface area contributed by atoms with Gasteiger partial charge in [-0.3, -0.25) is 9.59 Å². The van der Waals surface area contributed by atoms with Crippen molar-refractivity contribution in [3.63, 3.8) is 0 Å². The summed E-state index contributed by atoms with van der Waals surface area (Å²) in [4.78, 5) is 34.3. The summed E-state index contributed by atoms with van der Waals surface area (Å²) in [5.41, 5.74) is 5.98. The van der Waals surface area contributed by atoms with E-state index in [1.54, 1.807) is 6.07 Å². The average molecular weight is 301 g/mol. The first-order valence-electron chi connectivity index (χ1n) is 6.29. The number of nitrogens with zero attached hydrogens (tertiary/aromatic N) is 1. The van der Waals surface area contributed by atoms with E-state index in [0.717, 1.165) is 0 Å². The van der Waals surface area contributed by atoms with Crippen LogP contribution in [0.2, 0.25) is 0 Å². The first kappa shape index (κ1) is 16.9. The summed E-state index contributed by atoms with van der Waals surface area (Å²) in [5.74, 6) is -1.60. The third kappa shape index (κ3) is 4.76. The van der Waals surface area contributed by atoms with Crippen LogP contribution in [0.15, 0.2) is 35.5 Å². The van der Waals surface area contributed by atoms with Gasteiger partial charge in [0.2, 0.25) is 11.7 Å². The number of hydrogen-bond donors (Lipinski definition) is 2. The molecule has 114 valence electrons. The van der Waals surface area contributed by atoms with E-state index in [1.807, 2.05) is 0 Å². The lowest BCUT2D eigenvalue weighted by Gasteiger charge is -2.06. The molecule has 0 aliphatic heterocycles. The normalized spacial score (nSPS) is 11.0. The van der Waals surface area contributed by atoms with Crippen molar-refractivity contribution in [2.24, 2.45) is 5.73 Å². The Hall–Kier alpha value is -3.14. The van der Waals surface area contributed by atoms with E-state index in [9.17, 15) is 14.4 Å². The Morgan fingerprint density at radius 2 is 1.82 bits per heavy atom. The highest BCUT2D eigenvalue weighted by Gasteiger charge is 2.15. The van der Waals surface area contributed by atoms with Gasteiger partial charge in [0.05, 0.1) is 5.56 Å². The highest BCUT2D eigenvalue weighted by atomic mass is 16.5. The van der Waals surface area contributed by atoms with E-state index in [1.165, 1.54) is 38.1 Å². The molecule has 0 fully saturated rings. The van der Waals surface area contributed by atoms with Crippen LogP contribution in [0.1, 0.15) is 24.2 Å². The topological polar surface area (TPSA) is 122 Å². The van der Waals surface area contributed by atoms with E-state index >= 15 is 0 Å². The quantitative estimate of drug-likeness (QED) is 0.477. The molecule has 1 amide bonds. The molecule has 1 aromatic carbocycles. The van der Waals surface area contributed by atoms with Crippen LogP contribution in [0.5, 0.6) is 0 Å². The zero-order valence-corrected chi connectivity index (χ0v) is 12.2. The SMILES string of the molecule is CC(=O)Nc1ccc(C(=O)OCC(=O)/C(C#N)=C(\C)N)cc1. The average Bonchev–Trinajstić information content (AvgIpc) is 2.45. The number of carbonyl (C=O) groups excluding carboxylic acids is 3. The van der Waals surface area contributed by atoms with Crippen LogP contribution in [-0.2, 0) is 14.3 Å². The number of esters is 1. The van der Waals surface area contributed by atoms with Crippen LogP contribution in [0.4, 0.5) is 5.69 Å². The maximum atomic E-state index is 11.8. The number of allylic oxidation sites excluding steroid dienone is 1. The first-order chi connectivity index (χ1) is 10.3. The molecule has 0 saturated carbocycles. The minimum absolute atomic E-state index is 0.0724. The number of hydrogen-bond acceptors (Lipinski definition) is 6. The van der Waals surface area contributed by atoms with Gasteiger partial charge in [0, 0.05) is 18.3 Å². The van der Waals surface area contributed by atoms with Gasteiger partial charge in [0.15, 0.2) is 6.61 Å². The van der Waals surface area contributed by atoms with Gasteiger partial charge in [-0.15, -0.1) is 0 Å². The summed E-state index contributed by atoms with van der Waals surface area (Å²) >= 11 is 0. The molecule has 0 atom stereocenters. The van der Waals surface area contributed by atoms with E-state index in [0.29, 0.717) is 5.69 Å². The number of rotatable bonds is 5. The molecule has 7 heteroatoms. The van der Waals surface area contributed by atoms with Crippen molar-refractivity contribution >= 4 is 23.3 Å². The molecule has 0 radical (unpaired) electrons. The molecule has 0 spiro atoms. The molecule has 0 heterocycles. The van der Waals surface area contributed by atoms with Crippen molar-refractivity contribution in [3.05, 3.63) is 41.1 Å². The Bertz CT molecular complexity index is 665. The summed E-state index contributed by atoms with van der Waals surface area (Å²) in [5, 5.41) is 11.3. The zero-order chi connectivity index (χ0) is 16.7. The van der Waals surface area contributed by atoms with Crippen LogP contribution in [0, 0.1) is 11.3 Å². The molecule has 0 saturated heterocycles. The first-order valence-corrected chi connectivity index (χ1v) is 6.29. The van der Waals surface area contributed by atoms with Crippen molar-refractivity contribution in [2.45, 2.75) is 13.8 Å². The standard InChI is InChI=1S/C15H15N3O4/c1-9(17)13(7-16)14(20)8-22-15(21)11-3-5-12(6-4-11)18-10(2)19/h3-6H,8,17H2,1-2H3,(H,18,19)/b13-9+. The molecule has 0 aromatic heterocycles. The fraction of sp³-hybridized carbons (Fsp3) is 0.200. The molecule has 0 aliphatic carbocycles.